The molecule has 35 heavy (non-hydrogen) atoms. The number of tetrazole rings is 1. The van der Waals surface area contributed by atoms with Crippen LogP contribution in [-0.4, -0.2) is 50.2 Å². The lowest BCUT2D eigenvalue weighted by Crippen LogP contribution is -2.38. The van der Waals surface area contributed by atoms with E-state index in [1.165, 1.54) is 0 Å². The first-order chi connectivity index (χ1) is 16.8. The number of carbonyl (C=O) groups is 2. The quantitative estimate of drug-likeness (QED) is 0.508. The highest BCUT2D eigenvalue weighted by Crippen LogP contribution is 2.28. The lowest BCUT2D eigenvalue weighted by molar-refractivity contribution is -0.120. The number of rotatable bonds is 8. The average molecular weight is 478 g/mol. The van der Waals surface area contributed by atoms with Crippen LogP contribution in [0.25, 0.3) is 11.4 Å². The maximum atomic E-state index is 12.3. The molecule has 1 fully saturated rings. The van der Waals surface area contributed by atoms with Crippen LogP contribution in [0.5, 0.6) is 5.75 Å². The first-order valence-electron chi connectivity index (χ1n) is 11.8. The van der Waals surface area contributed by atoms with Crippen LogP contribution >= 0.6 is 0 Å². The molecule has 0 saturated heterocycles. The molecule has 10 heteroatoms. The minimum atomic E-state index is -0.605. The normalized spacial score (nSPS) is 17.7. The SMILES string of the molecule is COc1cccc(Cc2c(-c3nnn(C[C@@H]4CCC[C@H](NC(C)=O)C4)n3)cc(C)nc2C(N)=O)c1. The molecule has 1 aromatic carbocycles. The number of primary amides is 1. The minimum absolute atomic E-state index is 0.00121. The van der Waals surface area contributed by atoms with E-state index in [9.17, 15) is 9.59 Å². The Kier molecular flexibility index (Phi) is 7.38. The van der Waals surface area contributed by atoms with Crippen molar-refractivity contribution < 1.29 is 14.3 Å². The number of nitrogens with one attached hydrogen (secondary N) is 1. The molecular weight excluding hydrogens is 446 g/mol. The number of nitrogens with two attached hydrogens (primary N) is 1. The number of aryl methyl sites for hydroxylation is 1. The zero-order valence-corrected chi connectivity index (χ0v) is 20.3. The number of methoxy groups -OCH3 is 1. The zero-order chi connectivity index (χ0) is 24.9. The summed E-state index contributed by atoms with van der Waals surface area (Å²) in [6.07, 6.45) is 4.39. The Balaban J connectivity index is 1.62. The van der Waals surface area contributed by atoms with Gasteiger partial charge in [-0.2, -0.15) is 4.80 Å². The summed E-state index contributed by atoms with van der Waals surface area (Å²) in [6.45, 7) is 3.97. The number of benzene rings is 1. The number of hydrogen-bond acceptors (Lipinski definition) is 7. The van der Waals surface area contributed by atoms with E-state index < -0.39 is 5.91 Å². The molecule has 1 saturated carbocycles. The van der Waals surface area contributed by atoms with Crippen molar-refractivity contribution in [2.24, 2.45) is 11.7 Å². The van der Waals surface area contributed by atoms with Crippen LogP contribution in [0.2, 0.25) is 0 Å². The van der Waals surface area contributed by atoms with Gasteiger partial charge < -0.3 is 15.8 Å². The van der Waals surface area contributed by atoms with Crippen molar-refractivity contribution in [2.75, 3.05) is 7.11 Å². The number of hydrogen-bond donors (Lipinski definition) is 2. The Morgan fingerprint density at radius 2 is 2.09 bits per heavy atom. The number of nitrogens with zero attached hydrogens (tertiary/aromatic N) is 5. The largest absolute Gasteiger partial charge is 0.497 e. The summed E-state index contributed by atoms with van der Waals surface area (Å²) in [4.78, 5) is 29.7. The van der Waals surface area contributed by atoms with Crippen molar-refractivity contribution in [3.05, 3.63) is 52.8 Å². The highest BCUT2D eigenvalue weighted by atomic mass is 16.5. The Morgan fingerprint density at radius 3 is 2.83 bits per heavy atom. The first-order valence-corrected chi connectivity index (χ1v) is 11.8. The maximum Gasteiger partial charge on any atom is 0.267 e. The number of amides is 2. The van der Waals surface area contributed by atoms with Crippen LogP contribution in [-0.2, 0) is 17.8 Å². The molecular formula is C25H31N7O3. The summed E-state index contributed by atoms with van der Waals surface area (Å²) < 4.78 is 5.34. The van der Waals surface area contributed by atoms with Gasteiger partial charge in [-0.05, 0) is 66.6 Å². The molecule has 0 spiro atoms. The van der Waals surface area contributed by atoms with Crippen molar-refractivity contribution in [1.29, 1.82) is 0 Å². The third kappa shape index (κ3) is 6.00. The smallest absolute Gasteiger partial charge is 0.267 e. The average Bonchev–Trinajstić information content (AvgIpc) is 3.28. The molecule has 1 aliphatic rings. The van der Waals surface area contributed by atoms with Gasteiger partial charge in [-0.15, -0.1) is 10.2 Å². The number of aromatic nitrogens is 5. The minimum Gasteiger partial charge on any atom is -0.497 e. The van der Waals surface area contributed by atoms with Gasteiger partial charge in [-0.1, -0.05) is 18.6 Å². The third-order valence-electron chi connectivity index (χ3n) is 6.31. The molecule has 0 radical (unpaired) electrons. The molecule has 0 aliphatic heterocycles. The summed E-state index contributed by atoms with van der Waals surface area (Å²) in [5.41, 5.74) is 8.82. The maximum absolute atomic E-state index is 12.3. The summed E-state index contributed by atoms with van der Waals surface area (Å²) in [6, 6.07) is 9.66. The van der Waals surface area contributed by atoms with Gasteiger partial charge in [-0.25, -0.2) is 4.98 Å². The molecule has 1 aliphatic carbocycles. The van der Waals surface area contributed by atoms with Gasteiger partial charge in [0, 0.05) is 30.6 Å². The molecule has 3 N–H and O–H groups in total. The van der Waals surface area contributed by atoms with Gasteiger partial charge >= 0.3 is 0 Å². The fraction of sp³-hybridized carbons (Fsp3) is 0.440. The van der Waals surface area contributed by atoms with Gasteiger partial charge in [-0.3, -0.25) is 9.59 Å². The number of ether oxygens (including phenoxy) is 1. The lowest BCUT2D eigenvalue weighted by atomic mass is 9.86. The molecule has 2 heterocycles. The Hall–Kier alpha value is -3.82. The van der Waals surface area contributed by atoms with E-state index in [0.29, 0.717) is 41.5 Å². The number of pyridine rings is 1. The fourth-order valence-electron chi connectivity index (χ4n) is 4.80. The Bertz CT molecular complexity index is 1220. The Morgan fingerprint density at radius 1 is 1.26 bits per heavy atom. The van der Waals surface area contributed by atoms with Gasteiger partial charge in [0.15, 0.2) is 0 Å². The van der Waals surface area contributed by atoms with Crippen LogP contribution < -0.4 is 15.8 Å². The van der Waals surface area contributed by atoms with Crippen LogP contribution in [0, 0.1) is 12.8 Å². The van der Waals surface area contributed by atoms with Crippen LogP contribution in [0.15, 0.2) is 30.3 Å². The van der Waals surface area contributed by atoms with E-state index in [2.05, 4.69) is 25.7 Å². The molecule has 3 aromatic rings. The van der Waals surface area contributed by atoms with E-state index >= 15 is 0 Å². The molecule has 2 atom stereocenters. The van der Waals surface area contributed by atoms with E-state index in [1.54, 1.807) is 25.8 Å². The van der Waals surface area contributed by atoms with E-state index in [-0.39, 0.29) is 17.6 Å². The van der Waals surface area contributed by atoms with Gasteiger partial charge in [0.25, 0.3) is 5.91 Å². The molecule has 10 nitrogen and oxygen atoms in total. The predicted molar refractivity (Wildman–Crippen MR) is 130 cm³/mol. The number of carbonyl (C=O) groups excluding carboxylic acids is 2. The van der Waals surface area contributed by atoms with Gasteiger partial charge in [0.1, 0.15) is 11.4 Å². The third-order valence-corrected chi connectivity index (χ3v) is 6.31. The van der Waals surface area contributed by atoms with E-state index in [4.69, 9.17) is 10.5 Å². The van der Waals surface area contributed by atoms with Crippen molar-refractivity contribution in [2.45, 2.75) is 58.5 Å². The summed E-state index contributed by atoms with van der Waals surface area (Å²) in [5.74, 6) is 0.883. The second kappa shape index (κ2) is 10.6. The lowest BCUT2D eigenvalue weighted by Gasteiger charge is -2.28. The standard InChI is InChI=1S/C25H31N7O3/c1-15-10-22(21(23(27-15)24(26)34)13-17-6-5-9-20(12-17)35-3)25-29-31-32(30-25)14-18-7-4-8-19(11-18)28-16(2)33/h5-6,9-10,12,18-19H,4,7-8,11,13-14H2,1-3H3,(H2,26,34)(H,28,33)/t18-,19+/m1/s1. The van der Waals surface area contributed by atoms with Gasteiger partial charge in [0.2, 0.25) is 11.7 Å². The summed E-state index contributed by atoms with van der Waals surface area (Å²) in [5, 5.41) is 16.3. The Labute approximate surface area is 204 Å². The first kappa shape index (κ1) is 24.3. The van der Waals surface area contributed by atoms with Crippen LogP contribution in [0.1, 0.15) is 59.9 Å². The summed E-state index contributed by atoms with van der Waals surface area (Å²) in [7, 11) is 1.61. The van der Waals surface area contributed by atoms with Crippen LogP contribution in [0.3, 0.4) is 0 Å². The second-order valence-electron chi connectivity index (χ2n) is 9.13. The van der Waals surface area contributed by atoms with E-state index in [1.807, 2.05) is 30.3 Å². The molecule has 2 amide bonds. The van der Waals surface area contributed by atoms with Crippen molar-refractivity contribution in [1.82, 2.24) is 30.5 Å². The zero-order valence-electron chi connectivity index (χ0n) is 20.3. The van der Waals surface area contributed by atoms with Crippen molar-refractivity contribution >= 4 is 11.8 Å². The summed E-state index contributed by atoms with van der Waals surface area (Å²) >= 11 is 0. The van der Waals surface area contributed by atoms with Crippen molar-refractivity contribution in [3.8, 4) is 17.1 Å². The van der Waals surface area contributed by atoms with E-state index in [0.717, 1.165) is 37.0 Å². The fourth-order valence-corrected chi connectivity index (χ4v) is 4.80. The molecule has 2 aromatic heterocycles. The van der Waals surface area contributed by atoms with Crippen LogP contribution in [0.4, 0.5) is 0 Å². The predicted octanol–water partition coefficient (Wildman–Crippen LogP) is 2.44. The molecule has 0 unspecified atom stereocenters. The second-order valence-corrected chi connectivity index (χ2v) is 9.13. The molecule has 4 rings (SSSR count). The highest BCUT2D eigenvalue weighted by molar-refractivity contribution is 5.94. The topological polar surface area (TPSA) is 138 Å². The van der Waals surface area contributed by atoms with Gasteiger partial charge in [0.05, 0.1) is 13.7 Å². The van der Waals surface area contributed by atoms with Crippen molar-refractivity contribution in [3.63, 3.8) is 0 Å². The highest BCUT2D eigenvalue weighted by Gasteiger charge is 2.25. The molecule has 184 valence electrons. The molecule has 0 bridgehead atoms. The monoisotopic (exact) mass is 477 g/mol.